The third-order valence-electron chi connectivity index (χ3n) is 5.46. The van der Waals surface area contributed by atoms with Gasteiger partial charge in [-0.3, -0.25) is 4.79 Å². The van der Waals surface area contributed by atoms with Crippen LogP contribution >= 0.6 is 0 Å². The van der Waals surface area contributed by atoms with Crippen LogP contribution in [0.4, 0.5) is 4.39 Å². The Morgan fingerprint density at radius 2 is 2.08 bits per heavy atom. The van der Waals surface area contributed by atoms with Gasteiger partial charge in [-0.2, -0.15) is 0 Å². The minimum Gasteiger partial charge on any atom is -0.481 e. The number of pyridine rings is 1. The number of aromatic nitrogens is 1. The maximum Gasteiger partial charge on any atom is 0.237 e. The first-order valence-electron chi connectivity index (χ1n) is 9.39. The Morgan fingerprint density at radius 1 is 1.31 bits per heavy atom. The van der Waals surface area contributed by atoms with Gasteiger partial charge in [0, 0.05) is 25.1 Å². The van der Waals surface area contributed by atoms with Crippen LogP contribution in [0.3, 0.4) is 0 Å². The summed E-state index contributed by atoms with van der Waals surface area (Å²) in [5.74, 6) is 0.0819. The Balaban J connectivity index is 1.67. The summed E-state index contributed by atoms with van der Waals surface area (Å²) in [5, 5.41) is 6.00. The number of carbonyl (C=O) groups excluding carboxylic acids is 1. The molecule has 1 amide bonds. The summed E-state index contributed by atoms with van der Waals surface area (Å²) in [5.41, 5.74) is 1.02. The molecule has 0 spiro atoms. The number of hydrogen-bond donors (Lipinski definition) is 2. The number of ether oxygens (including phenoxy) is 2. The number of nitrogens with one attached hydrogen (secondary N) is 2. The highest BCUT2D eigenvalue weighted by molar-refractivity contribution is 5.82. The van der Waals surface area contributed by atoms with Crippen LogP contribution in [0.1, 0.15) is 55.7 Å². The van der Waals surface area contributed by atoms with Gasteiger partial charge in [-0.1, -0.05) is 0 Å². The van der Waals surface area contributed by atoms with E-state index in [0.29, 0.717) is 17.1 Å². The van der Waals surface area contributed by atoms with Gasteiger partial charge in [-0.05, 0) is 51.1 Å². The molecule has 0 aromatic carbocycles. The van der Waals surface area contributed by atoms with Crippen molar-refractivity contribution in [3.63, 3.8) is 0 Å². The highest BCUT2D eigenvalue weighted by Crippen LogP contribution is 2.35. The van der Waals surface area contributed by atoms with Gasteiger partial charge in [0.05, 0.1) is 24.9 Å². The molecular formula is C19H28FN3O3. The molecule has 3 rings (SSSR count). The molecule has 1 aromatic rings. The van der Waals surface area contributed by atoms with Crippen LogP contribution in [-0.2, 0) is 16.1 Å². The van der Waals surface area contributed by atoms with Crippen molar-refractivity contribution in [2.75, 3.05) is 20.8 Å². The number of amides is 1. The molecule has 1 aliphatic heterocycles. The van der Waals surface area contributed by atoms with Crippen LogP contribution in [-0.4, -0.2) is 43.8 Å². The Kier molecular flexibility index (Phi) is 6.43. The van der Waals surface area contributed by atoms with Gasteiger partial charge >= 0.3 is 0 Å². The molecule has 1 aromatic heterocycles. The molecule has 0 bridgehead atoms. The van der Waals surface area contributed by atoms with E-state index in [1.807, 2.05) is 0 Å². The lowest BCUT2D eigenvalue weighted by Gasteiger charge is -2.27. The van der Waals surface area contributed by atoms with E-state index in [4.69, 9.17) is 9.47 Å². The van der Waals surface area contributed by atoms with Crippen LogP contribution < -0.4 is 15.4 Å². The van der Waals surface area contributed by atoms with E-state index in [0.717, 1.165) is 45.1 Å². The predicted molar refractivity (Wildman–Crippen MR) is 95.6 cm³/mol. The van der Waals surface area contributed by atoms with E-state index >= 15 is 0 Å². The minimum absolute atomic E-state index is 0.0630. The second-order valence-corrected chi connectivity index (χ2v) is 7.10. The van der Waals surface area contributed by atoms with Crippen molar-refractivity contribution in [3.05, 3.63) is 23.1 Å². The first kappa shape index (κ1) is 19.0. The number of rotatable bonds is 6. The van der Waals surface area contributed by atoms with E-state index in [2.05, 4.69) is 15.6 Å². The van der Waals surface area contributed by atoms with E-state index < -0.39 is 0 Å². The molecule has 2 fully saturated rings. The first-order chi connectivity index (χ1) is 12.6. The summed E-state index contributed by atoms with van der Waals surface area (Å²) in [6.07, 6.45) is 5.63. The molecule has 1 unspecified atom stereocenters. The van der Waals surface area contributed by atoms with Gasteiger partial charge in [0.2, 0.25) is 11.8 Å². The van der Waals surface area contributed by atoms with E-state index in [1.54, 1.807) is 7.11 Å². The van der Waals surface area contributed by atoms with Crippen molar-refractivity contribution < 1.29 is 18.7 Å². The van der Waals surface area contributed by atoms with Crippen molar-refractivity contribution in [1.82, 2.24) is 15.6 Å². The summed E-state index contributed by atoms with van der Waals surface area (Å²) in [7, 11) is 3.24. The zero-order valence-electron chi connectivity index (χ0n) is 15.5. The fourth-order valence-corrected chi connectivity index (χ4v) is 3.90. The quantitative estimate of drug-likeness (QED) is 0.809. The van der Waals surface area contributed by atoms with Gasteiger partial charge < -0.3 is 20.1 Å². The number of carbonyl (C=O) groups is 1. The smallest absolute Gasteiger partial charge is 0.237 e. The van der Waals surface area contributed by atoms with E-state index in [1.165, 1.54) is 13.2 Å². The third kappa shape index (κ3) is 4.32. The van der Waals surface area contributed by atoms with Crippen LogP contribution in [0, 0.1) is 5.82 Å². The van der Waals surface area contributed by atoms with Crippen molar-refractivity contribution in [2.45, 2.75) is 63.1 Å². The topological polar surface area (TPSA) is 72.5 Å². The molecule has 1 atom stereocenters. The predicted octanol–water partition coefficient (Wildman–Crippen LogP) is 2.27. The number of hydrogen-bond acceptors (Lipinski definition) is 5. The molecule has 26 heavy (non-hydrogen) atoms. The lowest BCUT2D eigenvalue weighted by atomic mass is 9.84. The van der Waals surface area contributed by atoms with Gasteiger partial charge in [-0.25, -0.2) is 9.37 Å². The average molecular weight is 365 g/mol. The van der Waals surface area contributed by atoms with E-state index in [-0.39, 0.29) is 36.3 Å². The normalized spacial score (nSPS) is 25.9. The summed E-state index contributed by atoms with van der Waals surface area (Å²) < 4.78 is 25.4. The van der Waals surface area contributed by atoms with Gasteiger partial charge in [-0.15, -0.1) is 0 Å². The van der Waals surface area contributed by atoms with Gasteiger partial charge in [0.15, 0.2) is 0 Å². The second-order valence-electron chi connectivity index (χ2n) is 7.10. The molecule has 1 aliphatic carbocycles. The molecule has 2 aliphatic rings. The van der Waals surface area contributed by atoms with Crippen LogP contribution in [0.15, 0.2) is 6.07 Å². The van der Waals surface area contributed by atoms with Crippen molar-refractivity contribution >= 4 is 5.91 Å². The number of halogens is 1. The fraction of sp³-hybridized carbons (Fsp3) is 0.684. The zero-order valence-corrected chi connectivity index (χ0v) is 15.5. The largest absolute Gasteiger partial charge is 0.481 e. The van der Waals surface area contributed by atoms with Gasteiger partial charge in [0.1, 0.15) is 5.82 Å². The van der Waals surface area contributed by atoms with Crippen LogP contribution in [0.2, 0.25) is 0 Å². The summed E-state index contributed by atoms with van der Waals surface area (Å²) in [6.45, 7) is 1.07. The van der Waals surface area contributed by atoms with Gasteiger partial charge in [0.25, 0.3) is 0 Å². The molecule has 7 heteroatoms. The highest BCUT2D eigenvalue weighted by Gasteiger charge is 2.27. The average Bonchev–Trinajstić information content (AvgIpc) is 3.21. The number of nitrogens with zero attached hydrogens (tertiary/aromatic N) is 1. The first-order valence-corrected chi connectivity index (χ1v) is 9.39. The summed E-state index contributed by atoms with van der Waals surface area (Å²) >= 11 is 0. The fourth-order valence-electron chi connectivity index (χ4n) is 3.90. The molecule has 1 saturated heterocycles. The molecule has 6 nitrogen and oxygen atoms in total. The molecule has 2 heterocycles. The minimum atomic E-state index is -0.324. The lowest BCUT2D eigenvalue weighted by molar-refractivity contribution is -0.122. The lowest BCUT2D eigenvalue weighted by Crippen LogP contribution is -2.40. The monoisotopic (exact) mass is 365 g/mol. The Morgan fingerprint density at radius 3 is 2.69 bits per heavy atom. The maximum absolute atomic E-state index is 14.7. The van der Waals surface area contributed by atoms with Crippen molar-refractivity contribution in [1.29, 1.82) is 0 Å². The molecular weight excluding hydrogens is 337 g/mol. The number of methoxy groups -OCH3 is 2. The van der Waals surface area contributed by atoms with Crippen LogP contribution in [0.25, 0.3) is 0 Å². The molecule has 2 N–H and O–H groups in total. The molecule has 144 valence electrons. The van der Waals surface area contributed by atoms with Crippen molar-refractivity contribution in [3.8, 4) is 5.88 Å². The van der Waals surface area contributed by atoms with E-state index in [9.17, 15) is 9.18 Å². The van der Waals surface area contributed by atoms with Crippen molar-refractivity contribution in [2.24, 2.45) is 0 Å². The second kappa shape index (κ2) is 8.77. The SMILES string of the molecule is COc1nc(C2CCC(OC)CC2)c(F)cc1CNC(=O)C1CCCN1. The Bertz CT molecular complexity index is 627. The van der Waals surface area contributed by atoms with Crippen LogP contribution in [0.5, 0.6) is 5.88 Å². The zero-order chi connectivity index (χ0) is 18.5. The molecule has 0 radical (unpaired) electrons. The summed E-state index contributed by atoms with van der Waals surface area (Å²) in [6, 6.07) is 1.29. The standard InChI is InChI=1S/C19H28FN3O3/c1-25-14-7-5-12(6-8-14)17-15(20)10-13(19(23-17)26-2)11-22-18(24)16-4-3-9-21-16/h10,12,14,16,21H,3-9,11H2,1-2H3,(H,22,24). The summed E-state index contributed by atoms with van der Waals surface area (Å²) in [4.78, 5) is 16.6. The highest BCUT2D eigenvalue weighted by atomic mass is 19.1. The molecule has 1 saturated carbocycles. The Hall–Kier alpha value is -1.73. The maximum atomic E-state index is 14.7. The third-order valence-corrected chi connectivity index (χ3v) is 5.46. The Labute approximate surface area is 153 Å².